The van der Waals surface area contributed by atoms with Crippen molar-refractivity contribution in [2.75, 3.05) is 0 Å². The van der Waals surface area contributed by atoms with Gasteiger partial charge in [-0.2, -0.15) is 4.57 Å². The largest absolute Gasteiger partial charge is 0.477 e. The minimum absolute atomic E-state index is 0.0931. The molecule has 134 valence electrons. The topological polar surface area (TPSA) is 46.1 Å². The van der Waals surface area contributed by atoms with Gasteiger partial charge in [0.05, 0.1) is 22.7 Å². The third kappa shape index (κ3) is 2.83. The van der Waals surface area contributed by atoms with E-state index in [4.69, 9.17) is 34.8 Å². The van der Waals surface area contributed by atoms with Gasteiger partial charge in [-0.25, -0.2) is 9.36 Å². The number of hydrogen-bond donors (Lipinski definition) is 1. The van der Waals surface area contributed by atoms with E-state index in [1.165, 1.54) is 11.3 Å². The van der Waals surface area contributed by atoms with Crippen LogP contribution in [0.15, 0.2) is 35.1 Å². The molecule has 3 aromatic rings. The van der Waals surface area contributed by atoms with Crippen LogP contribution in [0.1, 0.15) is 23.2 Å². The first-order valence-corrected chi connectivity index (χ1v) is 9.90. The Hall–Kier alpha value is -1.53. The fourth-order valence-corrected chi connectivity index (χ4v) is 5.23. The molecule has 3 heterocycles. The SMILES string of the molecule is C[n+]1c(O)c(-c2cc(Cl)cc(Cl)c2)c(=O)n2c1CCC2c1ccc(Cl)s1. The standard InChI is InChI=1S/C18H13Cl3N2O2S/c1-22-15-5-2-12(13-3-4-14(21)26-13)23(15)18(25)16(17(22)24)9-6-10(19)8-11(20)7-9/h3-4,6-8,12H,2,5H2,1H3/p+1. The summed E-state index contributed by atoms with van der Waals surface area (Å²) in [5.41, 5.74) is 0.418. The van der Waals surface area contributed by atoms with E-state index in [1.807, 2.05) is 12.1 Å². The second kappa shape index (κ2) is 6.57. The van der Waals surface area contributed by atoms with Crippen LogP contribution in [0.4, 0.5) is 0 Å². The summed E-state index contributed by atoms with van der Waals surface area (Å²) < 4.78 is 4.08. The molecule has 1 unspecified atom stereocenters. The van der Waals surface area contributed by atoms with Crippen molar-refractivity contribution < 1.29 is 9.67 Å². The van der Waals surface area contributed by atoms with E-state index in [1.54, 1.807) is 34.4 Å². The molecule has 0 saturated heterocycles. The molecule has 4 nitrogen and oxygen atoms in total. The van der Waals surface area contributed by atoms with Crippen LogP contribution in [0.3, 0.4) is 0 Å². The van der Waals surface area contributed by atoms with Gasteiger partial charge in [0.1, 0.15) is 6.04 Å². The summed E-state index contributed by atoms with van der Waals surface area (Å²) in [6.07, 6.45) is 1.47. The summed E-state index contributed by atoms with van der Waals surface area (Å²) in [6, 6.07) is 8.52. The third-order valence-electron chi connectivity index (χ3n) is 4.67. The van der Waals surface area contributed by atoms with Gasteiger partial charge in [0.2, 0.25) is 0 Å². The lowest BCUT2D eigenvalue weighted by atomic mass is 10.1. The number of aromatic hydroxyl groups is 1. The lowest BCUT2D eigenvalue weighted by Crippen LogP contribution is -2.42. The highest BCUT2D eigenvalue weighted by Gasteiger charge is 2.38. The molecule has 0 saturated carbocycles. The molecule has 1 atom stereocenters. The van der Waals surface area contributed by atoms with Crippen molar-refractivity contribution in [1.29, 1.82) is 0 Å². The highest BCUT2D eigenvalue weighted by molar-refractivity contribution is 7.16. The van der Waals surface area contributed by atoms with Gasteiger partial charge in [-0.1, -0.05) is 34.8 Å². The second-order valence-corrected chi connectivity index (χ2v) is 8.82. The summed E-state index contributed by atoms with van der Waals surface area (Å²) in [6.45, 7) is 0. The van der Waals surface area contributed by atoms with E-state index in [2.05, 4.69) is 0 Å². The van der Waals surface area contributed by atoms with Crippen molar-refractivity contribution >= 4 is 46.1 Å². The lowest BCUT2D eigenvalue weighted by Gasteiger charge is -2.12. The number of benzene rings is 1. The average Bonchev–Trinajstić information content (AvgIpc) is 3.18. The van der Waals surface area contributed by atoms with Gasteiger partial charge in [-0.15, -0.1) is 11.3 Å². The van der Waals surface area contributed by atoms with Crippen LogP contribution in [0.5, 0.6) is 5.88 Å². The summed E-state index contributed by atoms with van der Waals surface area (Å²) in [4.78, 5) is 14.3. The van der Waals surface area contributed by atoms with Crippen LogP contribution in [0.2, 0.25) is 14.4 Å². The Labute approximate surface area is 168 Å². The van der Waals surface area contributed by atoms with Crippen LogP contribution in [-0.2, 0) is 13.5 Å². The number of rotatable bonds is 2. The van der Waals surface area contributed by atoms with Gasteiger partial charge in [-0.05, 0) is 30.3 Å². The molecule has 1 aromatic carbocycles. The summed E-state index contributed by atoms with van der Waals surface area (Å²) in [7, 11) is 1.75. The van der Waals surface area contributed by atoms with Crippen molar-refractivity contribution in [2.24, 2.45) is 7.05 Å². The van der Waals surface area contributed by atoms with Crippen molar-refractivity contribution in [2.45, 2.75) is 18.9 Å². The molecular formula is C18H14Cl3N2O2S+. The first kappa shape index (κ1) is 17.9. The molecule has 0 amide bonds. The van der Waals surface area contributed by atoms with E-state index in [-0.39, 0.29) is 23.0 Å². The Morgan fingerprint density at radius 1 is 1.19 bits per heavy atom. The summed E-state index contributed by atoms with van der Waals surface area (Å²) >= 11 is 19.7. The van der Waals surface area contributed by atoms with Crippen LogP contribution in [-0.4, -0.2) is 9.67 Å². The van der Waals surface area contributed by atoms with Crippen molar-refractivity contribution in [1.82, 2.24) is 4.57 Å². The van der Waals surface area contributed by atoms with E-state index in [0.717, 1.165) is 17.1 Å². The number of thiophene rings is 1. The monoisotopic (exact) mass is 427 g/mol. The molecule has 1 aliphatic heterocycles. The van der Waals surface area contributed by atoms with Gasteiger partial charge >= 0.3 is 5.56 Å². The van der Waals surface area contributed by atoms with Gasteiger partial charge in [0.15, 0.2) is 5.56 Å². The Morgan fingerprint density at radius 3 is 2.50 bits per heavy atom. The zero-order valence-electron chi connectivity index (χ0n) is 13.7. The maximum absolute atomic E-state index is 13.3. The third-order valence-corrected chi connectivity index (χ3v) is 6.43. The Balaban J connectivity index is 1.98. The van der Waals surface area contributed by atoms with Gasteiger partial charge in [-0.3, -0.25) is 0 Å². The number of fused-ring (bicyclic) bond motifs is 1. The molecule has 0 aliphatic carbocycles. The van der Waals surface area contributed by atoms with Gasteiger partial charge < -0.3 is 5.11 Å². The van der Waals surface area contributed by atoms with Crippen LogP contribution in [0, 0.1) is 0 Å². The molecule has 1 aliphatic rings. The number of halogens is 3. The van der Waals surface area contributed by atoms with E-state index in [9.17, 15) is 9.90 Å². The Bertz CT molecular complexity index is 1070. The molecule has 8 heteroatoms. The minimum atomic E-state index is -0.263. The molecule has 0 fully saturated rings. The van der Waals surface area contributed by atoms with Crippen molar-refractivity contribution in [3.63, 3.8) is 0 Å². The maximum atomic E-state index is 13.3. The van der Waals surface area contributed by atoms with Crippen molar-refractivity contribution in [3.8, 4) is 17.0 Å². The maximum Gasteiger partial charge on any atom is 0.349 e. The lowest BCUT2D eigenvalue weighted by molar-refractivity contribution is -0.688. The summed E-state index contributed by atoms with van der Waals surface area (Å²) in [5, 5.41) is 11.5. The summed E-state index contributed by atoms with van der Waals surface area (Å²) in [5.74, 6) is 0.684. The normalized spacial score (nSPS) is 16.1. The first-order chi connectivity index (χ1) is 12.4. The van der Waals surface area contributed by atoms with Gasteiger partial charge in [0, 0.05) is 22.0 Å². The highest BCUT2D eigenvalue weighted by Crippen LogP contribution is 2.37. The molecular weight excluding hydrogens is 415 g/mol. The zero-order chi connectivity index (χ0) is 18.6. The molecule has 0 bridgehead atoms. The molecule has 0 spiro atoms. The molecule has 2 aromatic heterocycles. The quantitative estimate of drug-likeness (QED) is 0.606. The van der Waals surface area contributed by atoms with Crippen LogP contribution < -0.4 is 10.1 Å². The number of nitrogens with zero attached hydrogens (tertiary/aromatic N) is 2. The molecule has 4 rings (SSSR count). The average molecular weight is 429 g/mol. The van der Waals surface area contributed by atoms with Crippen LogP contribution >= 0.6 is 46.1 Å². The Morgan fingerprint density at radius 2 is 1.88 bits per heavy atom. The minimum Gasteiger partial charge on any atom is -0.477 e. The number of aromatic nitrogens is 2. The predicted octanol–water partition coefficient (Wildman–Crippen LogP) is 4.60. The molecule has 0 radical (unpaired) electrons. The van der Waals surface area contributed by atoms with Crippen molar-refractivity contribution in [3.05, 3.63) is 65.8 Å². The second-order valence-electron chi connectivity index (χ2n) is 6.20. The highest BCUT2D eigenvalue weighted by atomic mass is 35.5. The Kier molecular flexibility index (Phi) is 4.51. The predicted molar refractivity (Wildman–Crippen MR) is 105 cm³/mol. The molecule has 1 N–H and O–H groups in total. The van der Waals surface area contributed by atoms with E-state index >= 15 is 0 Å². The van der Waals surface area contributed by atoms with E-state index < -0.39 is 0 Å². The smallest absolute Gasteiger partial charge is 0.349 e. The first-order valence-electron chi connectivity index (χ1n) is 7.95. The zero-order valence-corrected chi connectivity index (χ0v) is 16.8. The number of hydrogen-bond acceptors (Lipinski definition) is 3. The van der Waals surface area contributed by atoms with Crippen LogP contribution in [0.25, 0.3) is 11.1 Å². The van der Waals surface area contributed by atoms with Gasteiger partial charge in [0.25, 0.3) is 11.7 Å². The fraction of sp³-hybridized carbons (Fsp3) is 0.222. The van der Waals surface area contributed by atoms with E-state index in [0.29, 0.717) is 26.4 Å². The molecule has 26 heavy (non-hydrogen) atoms. The fourth-order valence-electron chi connectivity index (χ4n) is 3.52.